The molecule has 1 nitrogen and oxygen atoms in total. The Hall–Kier alpha value is -1.32. The smallest absolute Gasteiger partial charge is 0.302 e. The molecule has 1 aliphatic carbocycles. The minimum absolute atomic E-state index is 0.479. The summed E-state index contributed by atoms with van der Waals surface area (Å²) in [6.45, 7) is 0. The molecule has 0 bridgehead atoms. The number of benzene rings is 1. The number of carbonyl (C=O) groups is 1. The summed E-state index contributed by atoms with van der Waals surface area (Å²) in [4.78, 5) is 10.8. The molecule has 0 aromatic heterocycles. The molecule has 0 saturated heterocycles. The maximum absolute atomic E-state index is 12.4. The summed E-state index contributed by atoms with van der Waals surface area (Å²) in [5, 5.41) is 0. The van der Waals surface area contributed by atoms with Crippen LogP contribution in [0.15, 0.2) is 24.3 Å². The van der Waals surface area contributed by atoms with E-state index in [1.54, 1.807) is 6.07 Å². The Morgan fingerprint density at radius 2 is 1.93 bits per heavy atom. The summed E-state index contributed by atoms with van der Waals surface area (Å²) in [5.41, 5.74) is -0.846. The van der Waals surface area contributed by atoms with Gasteiger partial charge in [-0.25, -0.2) is 0 Å². The van der Waals surface area contributed by atoms with Crippen molar-refractivity contribution in [1.29, 1.82) is 0 Å². The zero-order chi connectivity index (χ0) is 11.1. The molecule has 0 heterocycles. The van der Waals surface area contributed by atoms with E-state index in [9.17, 15) is 18.0 Å². The SMILES string of the molecule is O=CC1(c2cccc(C(F)(F)F)c2)CC1. The Morgan fingerprint density at radius 3 is 2.40 bits per heavy atom. The van der Waals surface area contributed by atoms with Crippen LogP contribution >= 0.6 is 0 Å². The molecular formula is C11H9F3O. The highest BCUT2D eigenvalue weighted by Gasteiger charge is 2.45. The minimum atomic E-state index is -4.34. The van der Waals surface area contributed by atoms with E-state index in [1.165, 1.54) is 6.07 Å². The molecule has 1 aromatic rings. The summed E-state index contributed by atoms with van der Waals surface area (Å²) in [6.07, 6.45) is -2.28. The normalized spacial score (nSPS) is 18.6. The number of carbonyl (C=O) groups excluding carboxylic acids is 1. The molecule has 4 heteroatoms. The number of halogens is 3. The maximum atomic E-state index is 12.4. The quantitative estimate of drug-likeness (QED) is 0.692. The Kier molecular flexibility index (Phi) is 2.10. The average molecular weight is 214 g/mol. The second-order valence-corrected chi connectivity index (χ2v) is 3.85. The third-order valence-corrected chi connectivity index (χ3v) is 2.78. The first kappa shape index (κ1) is 10.2. The van der Waals surface area contributed by atoms with Crippen molar-refractivity contribution in [3.63, 3.8) is 0 Å². The molecule has 15 heavy (non-hydrogen) atoms. The molecule has 0 aliphatic heterocycles. The molecule has 1 fully saturated rings. The molecule has 1 aliphatic rings. The molecule has 1 saturated carbocycles. The first-order chi connectivity index (χ1) is 6.98. The summed E-state index contributed by atoms with van der Waals surface area (Å²) in [6, 6.07) is 5.02. The van der Waals surface area contributed by atoms with Crippen LogP contribution in [0.5, 0.6) is 0 Å². The fourth-order valence-electron chi connectivity index (χ4n) is 1.61. The second-order valence-electron chi connectivity index (χ2n) is 3.85. The Bertz CT molecular complexity index is 391. The second kappa shape index (κ2) is 3.08. The first-order valence-corrected chi connectivity index (χ1v) is 4.62. The van der Waals surface area contributed by atoms with E-state index >= 15 is 0 Å². The number of hydrogen-bond donors (Lipinski definition) is 0. The third kappa shape index (κ3) is 1.76. The van der Waals surface area contributed by atoms with Crippen LogP contribution in [0.3, 0.4) is 0 Å². The van der Waals surface area contributed by atoms with E-state index in [4.69, 9.17) is 0 Å². The van der Waals surface area contributed by atoms with E-state index < -0.39 is 17.2 Å². The topological polar surface area (TPSA) is 17.1 Å². The monoisotopic (exact) mass is 214 g/mol. The van der Waals surface area contributed by atoms with Crippen LogP contribution in [0.4, 0.5) is 13.2 Å². The Balaban J connectivity index is 2.40. The highest BCUT2D eigenvalue weighted by molar-refractivity contribution is 5.73. The molecule has 0 unspecified atom stereocenters. The van der Waals surface area contributed by atoms with Crippen molar-refractivity contribution in [2.24, 2.45) is 0 Å². The van der Waals surface area contributed by atoms with Gasteiger partial charge in [0.1, 0.15) is 6.29 Å². The maximum Gasteiger partial charge on any atom is 0.416 e. The number of hydrogen-bond acceptors (Lipinski definition) is 1. The molecular weight excluding hydrogens is 205 g/mol. The number of alkyl halides is 3. The molecule has 2 rings (SSSR count). The van der Waals surface area contributed by atoms with Gasteiger partial charge in [-0.1, -0.05) is 18.2 Å². The van der Waals surface area contributed by atoms with Gasteiger partial charge in [0, 0.05) is 0 Å². The van der Waals surface area contributed by atoms with Crippen LogP contribution in [0, 0.1) is 0 Å². The Labute approximate surface area is 84.9 Å². The van der Waals surface area contributed by atoms with Crippen LogP contribution in [0.2, 0.25) is 0 Å². The predicted molar refractivity (Wildman–Crippen MR) is 48.4 cm³/mol. The lowest BCUT2D eigenvalue weighted by molar-refractivity contribution is -0.137. The van der Waals surface area contributed by atoms with Crippen LogP contribution < -0.4 is 0 Å². The van der Waals surface area contributed by atoms with Crippen LogP contribution in [-0.2, 0) is 16.4 Å². The Morgan fingerprint density at radius 1 is 1.27 bits per heavy atom. The van der Waals surface area contributed by atoms with E-state index in [1.807, 2.05) is 0 Å². The summed E-state index contributed by atoms with van der Waals surface area (Å²) < 4.78 is 37.2. The zero-order valence-corrected chi connectivity index (χ0v) is 7.84. The van der Waals surface area contributed by atoms with Crippen molar-refractivity contribution in [3.05, 3.63) is 35.4 Å². The van der Waals surface area contributed by atoms with Crippen molar-refractivity contribution in [2.45, 2.75) is 24.4 Å². The number of aldehydes is 1. The van der Waals surface area contributed by atoms with E-state index in [0.29, 0.717) is 18.4 Å². The summed E-state index contributed by atoms with van der Waals surface area (Å²) in [7, 11) is 0. The predicted octanol–water partition coefficient (Wildman–Crippen LogP) is 2.94. The minimum Gasteiger partial charge on any atom is -0.302 e. The van der Waals surface area contributed by atoms with Crippen LogP contribution in [-0.4, -0.2) is 6.29 Å². The first-order valence-electron chi connectivity index (χ1n) is 4.62. The van der Waals surface area contributed by atoms with Crippen molar-refractivity contribution in [2.75, 3.05) is 0 Å². The van der Waals surface area contributed by atoms with E-state index in [2.05, 4.69) is 0 Å². The van der Waals surface area contributed by atoms with E-state index in [0.717, 1.165) is 18.4 Å². The molecule has 80 valence electrons. The highest BCUT2D eigenvalue weighted by Crippen LogP contribution is 2.47. The lowest BCUT2D eigenvalue weighted by Gasteiger charge is -2.11. The van der Waals surface area contributed by atoms with Crippen LogP contribution in [0.25, 0.3) is 0 Å². The fraction of sp³-hybridized carbons (Fsp3) is 0.364. The van der Waals surface area contributed by atoms with Crippen molar-refractivity contribution >= 4 is 6.29 Å². The van der Waals surface area contributed by atoms with Gasteiger partial charge >= 0.3 is 6.18 Å². The van der Waals surface area contributed by atoms with Crippen molar-refractivity contribution in [1.82, 2.24) is 0 Å². The van der Waals surface area contributed by atoms with E-state index in [-0.39, 0.29) is 0 Å². The van der Waals surface area contributed by atoms with Gasteiger partial charge in [0.05, 0.1) is 11.0 Å². The lowest BCUT2D eigenvalue weighted by atomic mass is 9.96. The van der Waals surface area contributed by atoms with Gasteiger partial charge in [-0.2, -0.15) is 13.2 Å². The standard InChI is InChI=1S/C11H9F3O/c12-11(13,14)9-3-1-2-8(6-9)10(7-15)4-5-10/h1-3,6-7H,4-5H2. The van der Waals surface area contributed by atoms with Crippen LogP contribution in [0.1, 0.15) is 24.0 Å². The van der Waals surface area contributed by atoms with Gasteiger partial charge in [0.15, 0.2) is 0 Å². The van der Waals surface area contributed by atoms with Gasteiger partial charge in [-0.05, 0) is 24.5 Å². The molecule has 0 spiro atoms. The molecule has 0 amide bonds. The molecule has 1 aromatic carbocycles. The van der Waals surface area contributed by atoms with Crippen molar-refractivity contribution < 1.29 is 18.0 Å². The van der Waals surface area contributed by atoms with Crippen molar-refractivity contribution in [3.8, 4) is 0 Å². The van der Waals surface area contributed by atoms with Gasteiger partial charge in [0.2, 0.25) is 0 Å². The average Bonchev–Trinajstić information content (AvgIpc) is 2.97. The zero-order valence-electron chi connectivity index (χ0n) is 7.84. The molecule has 0 radical (unpaired) electrons. The summed E-state index contributed by atoms with van der Waals surface area (Å²) in [5.74, 6) is 0. The molecule has 0 atom stereocenters. The molecule has 0 N–H and O–H groups in total. The lowest BCUT2D eigenvalue weighted by Crippen LogP contribution is -2.11. The third-order valence-electron chi connectivity index (χ3n) is 2.78. The summed E-state index contributed by atoms with van der Waals surface area (Å²) >= 11 is 0. The largest absolute Gasteiger partial charge is 0.416 e. The van der Waals surface area contributed by atoms with Gasteiger partial charge in [0.25, 0.3) is 0 Å². The van der Waals surface area contributed by atoms with Gasteiger partial charge in [-0.15, -0.1) is 0 Å². The number of rotatable bonds is 2. The van der Waals surface area contributed by atoms with Gasteiger partial charge in [-0.3, -0.25) is 0 Å². The van der Waals surface area contributed by atoms with Gasteiger partial charge < -0.3 is 4.79 Å². The highest BCUT2D eigenvalue weighted by atomic mass is 19.4. The fourth-order valence-corrected chi connectivity index (χ4v) is 1.61.